The third-order valence-corrected chi connectivity index (χ3v) is 4.27. The SMILES string of the molecule is CC(=O)Nc1ccc2c(c1)NC(=O)CC2c1cc(C)c(F)c(C)c1. The van der Waals surface area contributed by atoms with Crippen molar-refractivity contribution in [2.75, 3.05) is 10.6 Å². The molecule has 0 saturated heterocycles. The van der Waals surface area contributed by atoms with E-state index in [-0.39, 0.29) is 23.5 Å². The van der Waals surface area contributed by atoms with Gasteiger partial charge >= 0.3 is 0 Å². The Morgan fingerprint density at radius 2 is 1.88 bits per heavy atom. The Balaban J connectivity index is 2.06. The van der Waals surface area contributed by atoms with E-state index in [4.69, 9.17) is 0 Å². The minimum atomic E-state index is -0.208. The van der Waals surface area contributed by atoms with E-state index in [1.54, 1.807) is 32.0 Å². The summed E-state index contributed by atoms with van der Waals surface area (Å²) in [6, 6.07) is 9.07. The highest BCUT2D eigenvalue weighted by atomic mass is 19.1. The van der Waals surface area contributed by atoms with Gasteiger partial charge in [-0.3, -0.25) is 9.59 Å². The van der Waals surface area contributed by atoms with Crippen molar-refractivity contribution in [3.63, 3.8) is 0 Å². The topological polar surface area (TPSA) is 58.2 Å². The highest BCUT2D eigenvalue weighted by molar-refractivity contribution is 5.97. The maximum atomic E-state index is 13.9. The molecule has 1 heterocycles. The molecule has 124 valence electrons. The number of aryl methyl sites for hydroxylation is 2. The minimum Gasteiger partial charge on any atom is -0.326 e. The zero-order chi connectivity index (χ0) is 17.4. The Labute approximate surface area is 140 Å². The van der Waals surface area contributed by atoms with Crippen LogP contribution in [0.5, 0.6) is 0 Å². The number of hydrogen-bond donors (Lipinski definition) is 2. The average Bonchev–Trinajstić information content (AvgIpc) is 2.50. The Morgan fingerprint density at radius 3 is 2.50 bits per heavy atom. The zero-order valence-corrected chi connectivity index (χ0v) is 13.9. The molecule has 24 heavy (non-hydrogen) atoms. The lowest BCUT2D eigenvalue weighted by Gasteiger charge is -2.27. The van der Waals surface area contributed by atoms with Gasteiger partial charge in [-0.15, -0.1) is 0 Å². The van der Waals surface area contributed by atoms with Crippen LogP contribution in [0.3, 0.4) is 0 Å². The lowest BCUT2D eigenvalue weighted by Crippen LogP contribution is -2.24. The molecule has 0 fully saturated rings. The van der Waals surface area contributed by atoms with Crippen LogP contribution in [0.15, 0.2) is 30.3 Å². The molecule has 0 radical (unpaired) electrons. The lowest BCUT2D eigenvalue weighted by molar-refractivity contribution is -0.116. The number of halogens is 1. The van der Waals surface area contributed by atoms with E-state index in [1.165, 1.54) is 6.92 Å². The molecule has 2 aromatic rings. The monoisotopic (exact) mass is 326 g/mol. The summed E-state index contributed by atoms with van der Waals surface area (Å²) in [4.78, 5) is 23.3. The molecule has 1 aliphatic heterocycles. The van der Waals surface area contributed by atoms with Crippen molar-refractivity contribution < 1.29 is 14.0 Å². The van der Waals surface area contributed by atoms with Crippen molar-refractivity contribution in [2.24, 2.45) is 0 Å². The van der Waals surface area contributed by atoms with Gasteiger partial charge in [0.05, 0.1) is 0 Å². The molecule has 0 aromatic heterocycles. The van der Waals surface area contributed by atoms with E-state index in [1.807, 2.05) is 12.1 Å². The first kappa shape index (κ1) is 16.2. The average molecular weight is 326 g/mol. The second-order valence-electron chi connectivity index (χ2n) is 6.26. The highest BCUT2D eigenvalue weighted by Gasteiger charge is 2.27. The number of carbonyl (C=O) groups is 2. The second-order valence-corrected chi connectivity index (χ2v) is 6.26. The van der Waals surface area contributed by atoms with Gasteiger partial charge in [-0.05, 0) is 48.2 Å². The smallest absolute Gasteiger partial charge is 0.225 e. The molecule has 4 nitrogen and oxygen atoms in total. The molecule has 2 amide bonds. The number of amides is 2. The van der Waals surface area contributed by atoms with Crippen LogP contribution in [-0.4, -0.2) is 11.8 Å². The summed E-state index contributed by atoms with van der Waals surface area (Å²) in [6.45, 7) is 4.90. The van der Waals surface area contributed by atoms with Gasteiger partial charge in [0.25, 0.3) is 0 Å². The molecule has 0 aliphatic carbocycles. The van der Waals surface area contributed by atoms with Crippen molar-refractivity contribution in [1.29, 1.82) is 0 Å². The fourth-order valence-electron chi connectivity index (χ4n) is 3.22. The summed E-state index contributed by atoms with van der Waals surface area (Å²) in [6.07, 6.45) is 0.316. The zero-order valence-electron chi connectivity index (χ0n) is 13.9. The fraction of sp³-hybridized carbons (Fsp3) is 0.263. The summed E-state index contributed by atoms with van der Waals surface area (Å²) in [7, 11) is 0. The first-order valence-electron chi connectivity index (χ1n) is 7.83. The number of rotatable bonds is 2. The summed E-state index contributed by atoms with van der Waals surface area (Å²) < 4.78 is 13.9. The van der Waals surface area contributed by atoms with Crippen LogP contribution in [0.4, 0.5) is 15.8 Å². The van der Waals surface area contributed by atoms with Crippen LogP contribution in [0.25, 0.3) is 0 Å². The third-order valence-electron chi connectivity index (χ3n) is 4.27. The minimum absolute atomic E-state index is 0.0906. The number of carbonyl (C=O) groups excluding carboxylic acids is 2. The standard InChI is InChI=1S/C19H19FN2O2/c1-10-6-13(7-11(2)19(10)20)16-9-18(24)22-17-8-14(21-12(3)23)4-5-15(16)17/h4-8,16H,9H2,1-3H3,(H,21,23)(H,22,24). The van der Waals surface area contributed by atoms with Gasteiger partial charge in [-0.1, -0.05) is 18.2 Å². The molecule has 3 rings (SSSR count). The molecule has 1 unspecified atom stereocenters. The highest BCUT2D eigenvalue weighted by Crippen LogP contribution is 2.39. The second kappa shape index (κ2) is 6.07. The molecule has 2 aromatic carbocycles. The first-order chi connectivity index (χ1) is 11.3. The number of nitrogens with one attached hydrogen (secondary N) is 2. The number of fused-ring (bicyclic) bond motifs is 1. The maximum absolute atomic E-state index is 13.9. The van der Waals surface area contributed by atoms with Gasteiger partial charge in [0.15, 0.2) is 0 Å². The van der Waals surface area contributed by atoms with E-state index < -0.39 is 0 Å². The normalized spacial score (nSPS) is 16.3. The van der Waals surface area contributed by atoms with Crippen LogP contribution in [-0.2, 0) is 9.59 Å². The van der Waals surface area contributed by atoms with E-state index in [2.05, 4.69) is 10.6 Å². The molecule has 1 atom stereocenters. The third kappa shape index (κ3) is 3.02. The largest absolute Gasteiger partial charge is 0.326 e. The van der Waals surface area contributed by atoms with E-state index in [0.29, 0.717) is 28.9 Å². The molecule has 2 N–H and O–H groups in total. The molecular formula is C19H19FN2O2. The van der Waals surface area contributed by atoms with Crippen molar-refractivity contribution in [3.05, 3.63) is 58.4 Å². The Bertz CT molecular complexity index is 822. The maximum Gasteiger partial charge on any atom is 0.225 e. The van der Waals surface area contributed by atoms with Gasteiger partial charge in [0, 0.05) is 30.6 Å². The number of benzene rings is 2. The van der Waals surface area contributed by atoms with Gasteiger partial charge in [-0.25, -0.2) is 4.39 Å². The lowest BCUT2D eigenvalue weighted by atomic mass is 9.83. The van der Waals surface area contributed by atoms with Gasteiger partial charge in [-0.2, -0.15) is 0 Å². The van der Waals surface area contributed by atoms with Gasteiger partial charge in [0.2, 0.25) is 11.8 Å². The molecule has 0 spiro atoms. The van der Waals surface area contributed by atoms with Crippen molar-refractivity contribution in [1.82, 2.24) is 0 Å². The van der Waals surface area contributed by atoms with Crippen LogP contribution >= 0.6 is 0 Å². The summed E-state index contributed by atoms with van der Waals surface area (Å²) in [5.41, 5.74) is 4.36. The first-order valence-corrected chi connectivity index (χ1v) is 7.83. The Kier molecular flexibility index (Phi) is 4.09. The molecule has 5 heteroatoms. The predicted molar refractivity (Wildman–Crippen MR) is 91.7 cm³/mol. The van der Waals surface area contributed by atoms with Crippen LogP contribution in [0.2, 0.25) is 0 Å². The van der Waals surface area contributed by atoms with Crippen molar-refractivity contribution in [2.45, 2.75) is 33.1 Å². The van der Waals surface area contributed by atoms with E-state index >= 15 is 0 Å². The Morgan fingerprint density at radius 1 is 1.21 bits per heavy atom. The van der Waals surface area contributed by atoms with Gasteiger partial charge in [0.1, 0.15) is 5.82 Å². The Hall–Kier alpha value is -2.69. The summed E-state index contributed by atoms with van der Waals surface area (Å²) in [5, 5.41) is 5.56. The van der Waals surface area contributed by atoms with Gasteiger partial charge < -0.3 is 10.6 Å². The van der Waals surface area contributed by atoms with E-state index in [9.17, 15) is 14.0 Å². The fourth-order valence-corrected chi connectivity index (χ4v) is 3.22. The van der Waals surface area contributed by atoms with Crippen molar-refractivity contribution >= 4 is 23.2 Å². The van der Waals surface area contributed by atoms with E-state index in [0.717, 1.165) is 11.1 Å². The van der Waals surface area contributed by atoms with Crippen LogP contribution in [0.1, 0.15) is 41.5 Å². The molecule has 0 bridgehead atoms. The summed E-state index contributed by atoms with van der Waals surface area (Å²) >= 11 is 0. The van der Waals surface area contributed by atoms with Crippen molar-refractivity contribution in [3.8, 4) is 0 Å². The molecule has 0 saturated carbocycles. The summed E-state index contributed by atoms with van der Waals surface area (Å²) in [5.74, 6) is -0.594. The van der Waals surface area contributed by atoms with Crippen LogP contribution in [0, 0.1) is 19.7 Å². The number of hydrogen-bond acceptors (Lipinski definition) is 2. The van der Waals surface area contributed by atoms with Crippen LogP contribution < -0.4 is 10.6 Å². The molecular weight excluding hydrogens is 307 g/mol. The predicted octanol–water partition coefficient (Wildman–Crippen LogP) is 3.88. The quantitative estimate of drug-likeness (QED) is 0.880. The number of anilines is 2. The molecule has 1 aliphatic rings.